The second kappa shape index (κ2) is 11.5. The fourth-order valence-corrected chi connectivity index (χ4v) is 5.24. The number of nitrogens with zero attached hydrogens (tertiary/aromatic N) is 2. The van der Waals surface area contributed by atoms with E-state index in [1.807, 2.05) is 26.0 Å². The molecule has 33 heavy (non-hydrogen) atoms. The summed E-state index contributed by atoms with van der Waals surface area (Å²) in [5.41, 5.74) is 2.58. The Morgan fingerprint density at radius 1 is 0.970 bits per heavy atom. The predicted molar refractivity (Wildman–Crippen MR) is 135 cm³/mol. The molecule has 178 valence electrons. The summed E-state index contributed by atoms with van der Waals surface area (Å²) in [6.07, 6.45) is 3.17. The quantitative estimate of drug-likeness (QED) is 0.613. The molecule has 0 aromatic heterocycles. The lowest BCUT2D eigenvalue weighted by atomic mass is 10.0. The minimum Gasteiger partial charge on any atom is -0.353 e. The van der Waals surface area contributed by atoms with Gasteiger partial charge in [-0.2, -0.15) is 0 Å². The molecule has 2 saturated heterocycles. The van der Waals surface area contributed by atoms with E-state index in [0.29, 0.717) is 12.1 Å². The molecule has 6 heteroatoms. The number of hydrogen-bond acceptors (Lipinski definition) is 4. The van der Waals surface area contributed by atoms with E-state index in [-0.39, 0.29) is 18.0 Å². The average Bonchev–Trinajstić information content (AvgIpc) is 3.19. The van der Waals surface area contributed by atoms with E-state index in [2.05, 4.69) is 62.9 Å². The van der Waals surface area contributed by atoms with Gasteiger partial charge in [0.25, 0.3) is 0 Å². The molecular weight excluding hydrogens is 432 g/mol. The van der Waals surface area contributed by atoms with Crippen molar-refractivity contribution in [2.45, 2.75) is 70.4 Å². The third kappa shape index (κ3) is 7.03. The zero-order valence-electron chi connectivity index (χ0n) is 19.8. The predicted octanol–water partition coefficient (Wildman–Crippen LogP) is 4.06. The van der Waals surface area contributed by atoms with Crippen LogP contribution in [0.25, 0.3) is 0 Å². The Hall–Kier alpha value is -1.92. The molecule has 0 unspecified atom stereocenters. The first kappa shape index (κ1) is 24.2. The number of amides is 1. The van der Waals surface area contributed by atoms with Gasteiger partial charge in [-0.25, -0.2) is 0 Å². The highest BCUT2D eigenvalue weighted by Gasteiger charge is 2.37. The van der Waals surface area contributed by atoms with Gasteiger partial charge in [0.05, 0.1) is 6.04 Å². The summed E-state index contributed by atoms with van der Waals surface area (Å²) < 4.78 is 0. The number of carbonyl (C=O) groups excluding carboxylic acids is 1. The Kier molecular flexibility index (Phi) is 8.42. The summed E-state index contributed by atoms with van der Waals surface area (Å²) in [7, 11) is 0. The summed E-state index contributed by atoms with van der Waals surface area (Å²) in [6, 6.07) is 19.6. The number of rotatable bonds is 8. The largest absolute Gasteiger partial charge is 0.353 e. The third-order valence-corrected chi connectivity index (χ3v) is 7.00. The molecule has 0 aliphatic carbocycles. The SMILES string of the molecule is CC(C)NC(=O)[C@@H]1C[C@@H](NC2CCN(Cc3ccccc3)CC2)CN1Cc1ccc(Cl)cc1. The van der Waals surface area contributed by atoms with Crippen molar-refractivity contribution >= 4 is 17.5 Å². The standard InChI is InChI=1S/C27H37ClN4O/c1-20(2)29-27(33)26-16-25(19-32(26)18-22-8-10-23(28)11-9-22)30-24-12-14-31(15-13-24)17-21-6-4-3-5-7-21/h3-11,20,24-26,30H,12-19H2,1-2H3,(H,29,33)/t25-,26+/m1/s1. The average molecular weight is 469 g/mol. The van der Waals surface area contributed by atoms with Crippen LogP contribution in [0.5, 0.6) is 0 Å². The molecule has 2 aromatic rings. The van der Waals surface area contributed by atoms with Gasteiger partial charge in [0, 0.05) is 42.8 Å². The smallest absolute Gasteiger partial charge is 0.237 e. The third-order valence-electron chi connectivity index (χ3n) is 6.74. The maximum Gasteiger partial charge on any atom is 0.237 e. The minimum atomic E-state index is -0.0984. The number of hydrogen-bond donors (Lipinski definition) is 2. The molecule has 2 aromatic carbocycles. The van der Waals surface area contributed by atoms with E-state index >= 15 is 0 Å². The van der Waals surface area contributed by atoms with Crippen LogP contribution < -0.4 is 10.6 Å². The Morgan fingerprint density at radius 2 is 1.64 bits per heavy atom. The van der Waals surface area contributed by atoms with E-state index in [9.17, 15) is 4.79 Å². The van der Waals surface area contributed by atoms with Crippen molar-refractivity contribution in [2.75, 3.05) is 19.6 Å². The number of carbonyl (C=O) groups is 1. The van der Waals surface area contributed by atoms with Crippen LogP contribution in [0, 0.1) is 0 Å². The van der Waals surface area contributed by atoms with E-state index in [1.165, 1.54) is 11.1 Å². The van der Waals surface area contributed by atoms with Crippen molar-refractivity contribution < 1.29 is 4.79 Å². The van der Waals surface area contributed by atoms with Crippen LogP contribution in [0.1, 0.15) is 44.2 Å². The monoisotopic (exact) mass is 468 g/mol. The van der Waals surface area contributed by atoms with Gasteiger partial charge in [-0.05, 0) is 69.5 Å². The van der Waals surface area contributed by atoms with E-state index in [0.717, 1.165) is 57.0 Å². The molecule has 1 amide bonds. The number of halogens is 1. The number of likely N-dealkylation sites (tertiary alicyclic amines) is 2. The Bertz CT molecular complexity index is 881. The molecule has 0 saturated carbocycles. The highest BCUT2D eigenvalue weighted by Crippen LogP contribution is 2.24. The first-order valence-electron chi connectivity index (χ1n) is 12.3. The van der Waals surface area contributed by atoms with Gasteiger partial charge < -0.3 is 10.6 Å². The minimum absolute atomic E-state index is 0.0984. The molecule has 2 N–H and O–H groups in total. The van der Waals surface area contributed by atoms with Crippen molar-refractivity contribution in [3.8, 4) is 0 Å². The Morgan fingerprint density at radius 3 is 2.30 bits per heavy atom. The second-order valence-electron chi connectivity index (χ2n) is 9.87. The summed E-state index contributed by atoms with van der Waals surface area (Å²) in [6.45, 7) is 8.97. The molecule has 5 nitrogen and oxygen atoms in total. The fourth-order valence-electron chi connectivity index (χ4n) is 5.11. The normalized spacial score (nSPS) is 22.7. The molecule has 2 aliphatic heterocycles. The van der Waals surface area contributed by atoms with Gasteiger partial charge in [0.15, 0.2) is 0 Å². The van der Waals surface area contributed by atoms with Crippen molar-refractivity contribution in [2.24, 2.45) is 0 Å². The molecule has 0 radical (unpaired) electrons. The number of benzene rings is 2. The highest BCUT2D eigenvalue weighted by atomic mass is 35.5. The Balaban J connectivity index is 1.32. The van der Waals surface area contributed by atoms with E-state index < -0.39 is 0 Å². The zero-order valence-corrected chi connectivity index (χ0v) is 20.6. The number of piperidine rings is 1. The van der Waals surface area contributed by atoms with Gasteiger partial charge in [0.2, 0.25) is 5.91 Å². The van der Waals surface area contributed by atoms with Crippen LogP contribution in [0.2, 0.25) is 5.02 Å². The van der Waals surface area contributed by atoms with Crippen LogP contribution in [0.4, 0.5) is 0 Å². The lowest BCUT2D eigenvalue weighted by Gasteiger charge is -2.34. The van der Waals surface area contributed by atoms with Crippen molar-refractivity contribution in [3.63, 3.8) is 0 Å². The topological polar surface area (TPSA) is 47.6 Å². The van der Waals surface area contributed by atoms with Gasteiger partial charge >= 0.3 is 0 Å². The maximum absolute atomic E-state index is 13.0. The molecule has 2 atom stereocenters. The van der Waals surface area contributed by atoms with Gasteiger partial charge in [-0.1, -0.05) is 54.1 Å². The summed E-state index contributed by atoms with van der Waals surface area (Å²) in [4.78, 5) is 17.8. The Labute approximate surface area is 203 Å². The van der Waals surface area contributed by atoms with E-state index in [1.54, 1.807) is 0 Å². The van der Waals surface area contributed by atoms with Gasteiger partial charge in [-0.15, -0.1) is 0 Å². The number of nitrogens with one attached hydrogen (secondary N) is 2. The molecule has 2 aliphatic rings. The van der Waals surface area contributed by atoms with Gasteiger partial charge in [-0.3, -0.25) is 14.6 Å². The highest BCUT2D eigenvalue weighted by molar-refractivity contribution is 6.30. The molecule has 2 fully saturated rings. The first-order valence-corrected chi connectivity index (χ1v) is 12.7. The summed E-state index contributed by atoms with van der Waals surface area (Å²) in [5, 5.41) is 7.77. The maximum atomic E-state index is 13.0. The summed E-state index contributed by atoms with van der Waals surface area (Å²) >= 11 is 6.06. The van der Waals surface area contributed by atoms with E-state index in [4.69, 9.17) is 11.6 Å². The van der Waals surface area contributed by atoms with Crippen LogP contribution in [-0.2, 0) is 17.9 Å². The van der Waals surface area contributed by atoms with Crippen molar-refractivity contribution in [1.29, 1.82) is 0 Å². The summed E-state index contributed by atoms with van der Waals surface area (Å²) in [5.74, 6) is 0.140. The van der Waals surface area contributed by atoms with Crippen LogP contribution >= 0.6 is 11.6 Å². The van der Waals surface area contributed by atoms with Crippen LogP contribution in [-0.4, -0.2) is 59.5 Å². The lowest BCUT2D eigenvalue weighted by Crippen LogP contribution is -2.46. The zero-order chi connectivity index (χ0) is 23.2. The molecular formula is C27H37ClN4O. The fraction of sp³-hybridized carbons (Fsp3) is 0.519. The second-order valence-corrected chi connectivity index (χ2v) is 10.3. The lowest BCUT2D eigenvalue weighted by molar-refractivity contribution is -0.126. The van der Waals surface area contributed by atoms with Crippen molar-refractivity contribution in [1.82, 2.24) is 20.4 Å². The van der Waals surface area contributed by atoms with Crippen LogP contribution in [0.15, 0.2) is 54.6 Å². The van der Waals surface area contributed by atoms with Crippen LogP contribution in [0.3, 0.4) is 0 Å². The first-order chi connectivity index (χ1) is 16.0. The molecule has 4 rings (SSSR count). The molecule has 0 bridgehead atoms. The molecule has 2 heterocycles. The molecule has 0 spiro atoms. The van der Waals surface area contributed by atoms with Gasteiger partial charge in [0.1, 0.15) is 0 Å². The van der Waals surface area contributed by atoms with Crippen molar-refractivity contribution in [3.05, 3.63) is 70.7 Å².